The van der Waals surface area contributed by atoms with Crippen LogP contribution in [0.25, 0.3) is 10.8 Å². The quantitative estimate of drug-likeness (QED) is 0.403. The van der Waals surface area contributed by atoms with E-state index < -0.39 is 5.41 Å². The molecule has 0 aliphatic heterocycles. The van der Waals surface area contributed by atoms with Gasteiger partial charge in [-0.3, -0.25) is 4.79 Å². The van der Waals surface area contributed by atoms with E-state index in [1.165, 1.54) is 7.11 Å². The Balaban J connectivity index is 1.37. The molecule has 178 valence electrons. The maximum atomic E-state index is 13.0. The molecule has 0 spiro atoms. The molecule has 0 unspecified atom stereocenters. The van der Waals surface area contributed by atoms with Crippen molar-refractivity contribution in [2.45, 2.75) is 59.2 Å². The van der Waals surface area contributed by atoms with Gasteiger partial charge in [-0.1, -0.05) is 48.5 Å². The third-order valence-corrected chi connectivity index (χ3v) is 6.99. The molecular weight excluding hydrogens is 428 g/mol. The number of aryl methyl sites for hydroxylation is 2. The topological polar surface area (TPSA) is 61.8 Å². The molecule has 1 aliphatic carbocycles. The van der Waals surface area contributed by atoms with Crippen LogP contribution in [0, 0.1) is 19.3 Å². The van der Waals surface area contributed by atoms with E-state index in [9.17, 15) is 9.59 Å². The summed E-state index contributed by atoms with van der Waals surface area (Å²) >= 11 is 0. The minimum absolute atomic E-state index is 0.00848. The van der Waals surface area contributed by atoms with Crippen LogP contribution in [0.15, 0.2) is 54.6 Å². The lowest BCUT2D eigenvalue weighted by Gasteiger charge is -2.35. The van der Waals surface area contributed by atoms with Gasteiger partial charge in [-0.2, -0.15) is 0 Å². The molecule has 0 bridgehead atoms. The number of benzene rings is 3. The Morgan fingerprint density at radius 3 is 2.41 bits per heavy atom. The average molecular weight is 461 g/mol. The molecule has 4 rings (SSSR count). The van der Waals surface area contributed by atoms with Gasteiger partial charge >= 0.3 is 11.9 Å². The molecule has 0 aromatic heterocycles. The maximum Gasteiger partial charge on any atom is 0.338 e. The number of carbonyl (C=O) groups is 2. The number of fused-ring (bicyclic) bond motifs is 1. The molecule has 0 radical (unpaired) electrons. The summed E-state index contributed by atoms with van der Waals surface area (Å²) in [6.45, 7) is 6.12. The first kappa shape index (κ1) is 23.8. The molecule has 0 saturated heterocycles. The van der Waals surface area contributed by atoms with Gasteiger partial charge in [-0.05, 0) is 80.0 Å². The summed E-state index contributed by atoms with van der Waals surface area (Å²) in [5.41, 5.74) is 2.85. The lowest BCUT2D eigenvalue weighted by Crippen LogP contribution is -2.37. The fraction of sp³-hybridized carbons (Fsp3) is 0.379. The molecule has 1 aliphatic rings. The highest BCUT2D eigenvalue weighted by Gasteiger charge is 2.39. The molecule has 0 N–H and O–H groups in total. The van der Waals surface area contributed by atoms with Crippen LogP contribution in [-0.2, 0) is 20.9 Å². The number of rotatable bonds is 6. The smallest absolute Gasteiger partial charge is 0.338 e. The van der Waals surface area contributed by atoms with E-state index in [0.717, 1.165) is 40.3 Å². The number of hydrogen-bond acceptors (Lipinski definition) is 5. The Hall–Kier alpha value is -3.34. The number of esters is 2. The number of methoxy groups -OCH3 is 1. The Kier molecular flexibility index (Phi) is 6.92. The molecular formula is C29H32O5. The molecule has 3 aromatic rings. The van der Waals surface area contributed by atoms with E-state index in [1.54, 1.807) is 6.07 Å². The largest absolute Gasteiger partial charge is 0.490 e. The fourth-order valence-corrected chi connectivity index (χ4v) is 4.76. The number of hydrogen-bond donors (Lipinski definition) is 0. The maximum absolute atomic E-state index is 13.0. The van der Waals surface area contributed by atoms with E-state index in [0.29, 0.717) is 24.2 Å². The van der Waals surface area contributed by atoms with Gasteiger partial charge in [-0.25, -0.2) is 4.79 Å². The predicted molar refractivity (Wildman–Crippen MR) is 132 cm³/mol. The second-order valence-electron chi connectivity index (χ2n) is 9.52. The summed E-state index contributed by atoms with van der Waals surface area (Å²) in [5.74, 6) is 0.170. The van der Waals surface area contributed by atoms with Gasteiger partial charge in [0, 0.05) is 0 Å². The summed E-state index contributed by atoms with van der Waals surface area (Å²) in [7, 11) is 1.38. The van der Waals surface area contributed by atoms with E-state index in [-0.39, 0.29) is 24.6 Å². The normalized spacial score (nSPS) is 20.1. The summed E-state index contributed by atoms with van der Waals surface area (Å²) in [5, 5.41) is 2.25. The van der Waals surface area contributed by atoms with E-state index in [4.69, 9.17) is 14.2 Å². The van der Waals surface area contributed by atoms with Crippen molar-refractivity contribution in [3.63, 3.8) is 0 Å². The van der Waals surface area contributed by atoms with Gasteiger partial charge in [0.2, 0.25) is 0 Å². The van der Waals surface area contributed by atoms with Gasteiger partial charge in [0.1, 0.15) is 12.4 Å². The van der Waals surface area contributed by atoms with Gasteiger partial charge in [0.25, 0.3) is 0 Å². The van der Waals surface area contributed by atoms with Gasteiger partial charge in [0.15, 0.2) is 0 Å². The third-order valence-electron chi connectivity index (χ3n) is 6.99. The van der Waals surface area contributed by atoms with Crippen molar-refractivity contribution >= 4 is 22.7 Å². The van der Waals surface area contributed by atoms with Gasteiger partial charge < -0.3 is 14.2 Å². The minimum Gasteiger partial charge on any atom is -0.490 e. The molecule has 0 amide bonds. The second kappa shape index (κ2) is 9.88. The molecule has 5 heteroatoms. The molecule has 0 heterocycles. The Morgan fingerprint density at radius 2 is 1.68 bits per heavy atom. The standard InChI is InChI=1S/C29H32O5/c1-19-16-20(2)26(17-25(19)27(30)32-4)34-23-12-14-29(3,15-13-23)28(31)33-18-22-10-7-9-21-8-5-6-11-24(21)22/h5-11,16-17,23H,12-15,18H2,1-4H3/t23-,29+. The van der Waals surface area contributed by atoms with Crippen molar-refractivity contribution < 1.29 is 23.8 Å². The Labute approximate surface area is 201 Å². The monoisotopic (exact) mass is 460 g/mol. The second-order valence-corrected chi connectivity index (χ2v) is 9.52. The van der Waals surface area contributed by atoms with Crippen LogP contribution in [0.5, 0.6) is 5.75 Å². The zero-order valence-electron chi connectivity index (χ0n) is 20.4. The van der Waals surface area contributed by atoms with Crippen LogP contribution in [0.1, 0.15) is 59.7 Å². The summed E-state index contributed by atoms with van der Waals surface area (Å²) in [6.07, 6.45) is 2.88. The number of carbonyl (C=O) groups excluding carboxylic acids is 2. The zero-order chi connectivity index (χ0) is 24.3. The lowest BCUT2D eigenvalue weighted by molar-refractivity contribution is -0.159. The highest BCUT2D eigenvalue weighted by atomic mass is 16.5. The lowest BCUT2D eigenvalue weighted by atomic mass is 9.74. The molecule has 0 atom stereocenters. The van der Waals surface area contributed by atoms with Crippen molar-refractivity contribution in [1.82, 2.24) is 0 Å². The van der Waals surface area contributed by atoms with Crippen LogP contribution in [-0.4, -0.2) is 25.2 Å². The first-order valence-corrected chi connectivity index (χ1v) is 11.8. The van der Waals surface area contributed by atoms with E-state index >= 15 is 0 Å². The fourth-order valence-electron chi connectivity index (χ4n) is 4.76. The highest BCUT2D eigenvalue weighted by Crippen LogP contribution is 2.39. The van der Waals surface area contributed by atoms with Crippen molar-refractivity contribution in [1.29, 1.82) is 0 Å². The number of ether oxygens (including phenoxy) is 3. The molecule has 34 heavy (non-hydrogen) atoms. The van der Waals surface area contributed by atoms with Crippen LogP contribution in [0.4, 0.5) is 0 Å². The Bertz CT molecular complexity index is 1200. The van der Waals surface area contributed by atoms with Crippen LogP contribution < -0.4 is 4.74 Å². The van der Waals surface area contributed by atoms with Crippen molar-refractivity contribution in [2.75, 3.05) is 7.11 Å². The summed E-state index contributed by atoms with van der Waals surface area (Å²) in [6, 6.07) is 17.9. The van der Waals surface area contributed by atoms with Gasteiger partial charge in [-0.15, -0.1) is 0 Å². The Morgan fingerprint density at radius 1 is 0.971 bits per heavy atom. The molecule has 3 aromatic carbocycles. The van der Waals surface area contributed by atoms with Crippen molar-refractivity contribution in [3.8, 4) is 5.75 Å². The third kappa shape index (κ3) is 4.93. The molecule has 1 saturated carbocycles. The van der Waals surface area contributed by atoms with Crippen molar-refractivity contribution in [3.05, 3.63) is 76.9 Å². The SMILES string of the molecule is COC(=O)c1cc(O[C@H]2CC[C@@](C)(C(=O)OCc3cccc4ccccc34)CC2)c(C)cc1C. The van der Waals surface area contributed by atoms with E-state index in [1.807, 2.05) is 51.1 Å². The molecule has 5 nitrogen and oxygen atoms in total. The highest BCUT2D eigenvalue weighted by molar-refractivity contribution is 5.91. The van der Waals surface area contributed by atoms with E-state index in [2.05, 4.69) is 18.2 Å². The first-order chi connectivity index (χ1) is 16.3. The molecule has 1 fully saturated rings. The predicted octanol–water partition coefficient (Wildman–Crippen LogP) is 6.31. The average Bonchev–Trinajstić information content (AvgIpc) is 2.85. The minimum atomic E-state index is -0.524. The van der Waals surface area contributed by atoms with Crippen LogP contribution in [0.3, 0.4) is 0 Å². The van der Waals surface area contributed by atoms with Crippen LogP contribution >= 0.6 is 0 Å². The summed E-state index contributed by atoms with van der Waals surface area (Å²) < 4.78 is 16.9. The van der Waals surface area contributed by atoms with Crippen LogP contribution in [0.2, 0.25) is 0 Å². The zero-order valence-corrected chi connectivity index (χ0v) is 20.4. The van der Waals surface area contributed by atoms with Crippen molar-refractivity contribution in [2.24, 2.45) is 5.41 Å². The first-order valence-electron chi connectivity index (χ1n) is 11.8. The summed E-state index contributed by atoms with van der Waals surface area (Å²) in [4.78, 5) is 25.1. The van der Waals surface area contributed by atoms with Gasteiger partial charge in [0.05, 0.1) is 24.2 Å².